The second-order valence-corrected chi connectivity index (χ2v) is 10.2. The molecule has 13 nitrogen and oxygen atoms in total. The summed E-state index contributed by atoms with van der Waals surface area (Å²) in [6.07, 6.45) is 2.63. The number of amides is 2. The van der Waals surface area contributed by atoms with E-state index < -0.39 is 45.3 Å². The maximum atomic E-state index is 13.2. The second-order valence-electron chi connectivity index (χ2n) is 7.77. The number of tetrazole rings is 1. The van der Waals surface area contributed by atoms with Crippen LogP contribution < -0.4 is 16.2 Å². The van der Waals surface area contributed by atoms with Crippen molar-refractivity contribution in [2.45, 2.75) is 23.6 Å². The number of rotatable bonds is 5. The molecule has 0 aliphatic carbocycles. The number of nitrogens with two attached hydrogens (primary N) is 1. The number of β-lactam (4-membered cyclic amide) rings is 1. The van der Waals surface area contributed by atoms with Gasteiger partial charge in [-0.1, -0.05) is 0 Å². The largest absolute Gasteiger partial charge is 0.481 e. The van der Waals surface area contributed by atoms with Gasteiger partial charge in [-0.15, -0.1) is 16.9 Å². The number of halogens is 1. The molecule has 0 saturated carbocycles. The van der Waals surface area contributed by atoms with Crippen molar-refractivity contribution in [3.8, 4) is 0 Å². The predicted octanol–water partition coefficient (Wildman–Crippen LogP) is -0.773. The Hall–Kier alpha value is -2.59. The summed E-state index contributed by atoms with van der Waals surface area (Å²) in [5.74, 6) is -1.64. The van der Waals surface area contributed by atoms with Crippen LogP contribution in [0.3, 0.4) is 0 Å². The van der Waals surface area contributed by atoms with Gasteiger partial charge in [-0.2, -0.15) is 12.6 Å². The molecule has 2 aromatic rings. The van der Waals surface area contributed by atoms with Crippen molar-refractivity contribution >= 4 is 63.8 Å². The van der Waals surface area contributed by atoms with E-state index in [9.17, 15) is 24.3 Å². The van der Waals surface area contributed by atoms with Crippen molar-refractivity contribution in [2.75, 3.05) is 23.0 Å². The molecular weight excluding hydrogens is 540 g/mol. The van der Waals surface area contributed by atoms with Crippen molar-refractivity contribution in [3.63, 3.8) is 0 Å². The van der Waals surface area contributed by atoms with Crippen molar-refractivity contribution in [2.24, 2.45) is 12.5 Å². The van der Waals surface area contributed by atoms with Crippen LogP contribution in [0.2, 0.25) is 0 Å². The number of thioether (sulfide) groups is 1. The highest BCUT2D eigenvalue weighted by Gasteiger charge is 2.62. The highest BCUT2D eigenvalue weighted by molar-refractivity contribution is 9.10. The van der Waals surface area contributed by atoms with Crippen molar-refractivity contribution < 1.29 is 19.5 Å². The first kappa shape index (κ1) is 23.6. The molecule has 0 aromatic carbocycles. The molecule has 2 fully saturated rings. The normalized spacial score (nSPS) is 25.2. The fourth-order valence-electron chi connectivity index (χ4n) is 3.97. The molecule has 2 aromatic heterocycles. The molecule has 3 unspecified atom stereocenters. The molecule has 0 spiro atoms. The maximum Gasteiger partial charge on any atom is 0.313 e. The van der Waals surface area contributed by atoms with Crippen LogP contribution in [0.25, 0.3) is 0 Å². The molecule has 2 amide bonds. The van der Waals surface area contributed by atoms with Gasteiger partial charge in [0.15, 0.2) is 11.9 Å². The number of nitrogens with zero attached hydrogens (tertiary/aromatic N) is 7. The van der Waals surface area contributed by atoms with Gasteiger partial charge in [0.25, 0.3) is 5.91 Å². The number of pyridine rings is 1. The van der Waals surface area contributed by atoms with E-state index >= 15 is 0 Å². The number of thiol groups is 1. The van der Waals surface area contributed by atoms with E-state index in [0.717, 1.165) is 0 Å². The third-order valence-corrected chi connectivity index (χ3v) is 8.58. The third-order valence-electron chi connectivity index (χ3n) is 5.76. The number of nitrogen functional groups attached to an aromatic ring is 1. The Balaban J connectivity index is 1.65. The monoisotopic (exact) mass is 558 g/mol. The number of anilines is 1. The van der Waals surface area contributed by atoms with Gasteiger partial charge in [-0.05, 0) is 26.4 Å². The predicted molar refractivity (Wildman–Crippen MR) is 124 cm³/mol. The minimum absolute atomic E-state index is 0.101. The molecule has 0 bridgehead atoms. The van der Waals surface area contributed by atoms with Crippen LogP contribution in [0.4, 0.5) is 5.69 Å². The minimum Gasteiger partial charge on any atom is -0.481 e. The van der Waals surface area contributed by atoms with Gasteiger partial charge in [-0.25, -0.2) is 9.69 Å². The van der Waals surface area contributed by atoms with Crippen LogP contribution in [-0.4, -0.2) is 76.4 Å². The number of fused-ring (bicyclic) bond motifs is 1. The zero-order valence-corrected chi connectivity index (χ0v) is 20.6. The van der Waals surface area contributed by atoms with Gasteiger partial charge in [0, 0.05) is 32.5 Å². The molecule has 16 heteroatoms. The SMILES string of the molecule is CC(=O)N(C1C(=O)N2CC(C(=O)O)(C(S)c3nnnn3C)CS[C@H]12)n1cc(N)c(=O)c(Br)c1. The van der Waals surface area contributed by atoms with Crippen molar-refractivity contribution in [1.82, 2.24) is 29.8 Å². The molecule has 4 rings (SSSR count). The van der Waals surface area contributed by atoms with Crippen LogP contribution in [-0.2, 0) is 21.4 Å². The van der Waals surface area contributed by atoms with E-state index in [4.69, 9.17) is 5.73 Å². The number of aryl methyl sites for hydroxylation is 1. The quantitative estimate of drug-likeness (QED) is 0.312. The molecule has 3 N–H and O–H groups in total. The molecule has 4 atom stereocenters. The van der Waals surface area contributed by atoms with E-state index in [1.807, 2.05) is 0 Å². The Kier molecular flexibility index (Phi) is 5.94. The fourth-order valence-corrected chi connectivity index (χ4v) is 6.65. The lowest BCUT2D eigenvalue weighted by Crippen LogP contribution is -2.76. The summed E-state index contributed by atoms with van der Waals surface area (Å²) in [7, 11) is 1.58. The summed E-state index contributed by atoms with van der Waals surface area (Å²) < 4.78 is 2.78. The van der Waals surface area contributed by atoms with Crippen LogP contribution in [0.15, 0.2) is 21.7 Å². The standard InChI is InChI=1S/C17H19BrN8O5S2/c1-7(27)26(24-3-8(18)11(28)9(19)4-24)10-14(29)25-5-17(16(30)31,6-33-15(10)25)12(32)13-20-21-22-23(13)2/h3-4,10,12,15,32H,5-6,19H2,1-2H3,(H,30,31)/t10?,12?,15-,17?/m1/s1. The number of aliphatic carboxylic acids is 1. The van der Waals surface area contributed by atoms with Crippen LogP contribution in [0, 0.1) is 5.41 Å². The molecule has 2 saturated heterocycles. The van der Waals surface area contributed by atoms with Gasteiger partial charge < -0.3 is 15.7 Å². The number of hydrogen-bond donors (Lipinski definition) is 3. The zero-order chi connectivity index (χ0) is 24.2. The Morgan fingerprint density at radius 1 is 1.42 bits per heavy atom. The molecule has 33 heavy (non-hydrogen) atoms. The zero-order valence-electron chi connectivity index (χ0n) is 17.3. The van der Waals surface area contributed by atoms with E-state index in [1.54, 1.807) is 7.05 Å². The molecule has 0 radical (unpaired) electrons. The molecule has 2 aliphatic rings. The Morgan fingerprint density at radius 3 is 2.67 bits per heavy atom. The fraction of sp³-hybridized carbons (Fsp3) is 0.471. The molecular formula is C17H19BrN8O5S2. The van der Waals surface area contributed by atoms with Gasteiger partial charge in [-0.3, -0.25) is 23.9 Å². The Bertz CT molecular complexity index is 1190. The van der Waals surface area contributed by atoms with E-state index in [2.05, 4.69) is 44.1 Å². The highest BCUT2D eigenvalue weighted by Crippen LogP contribution is 2.50. The maximum absolute atomic E-state index is 13.2. The van der Waals surface area contributed by atoms with Gasteiger partial charge >= 0.3 is 5.97 Å². The van der Waals surface area contributed by atoms with Crippen molar-refractivity contribution in [1.29, 1.82) is 0 Å². The Morgan fingerprint density at radius 2 is 2.12 bits per heavy atom. The topological polar surface area (TPSA) is 170 Å². The van der Waals surface area contributed by atoms with E-state index in [0.29, 0.717) is 0 Å². The Labute approximate surface area is 204 Å². The van der Waals surface area contributed by atoms with Gasteiger partial charge in [0.1, 0.15) is 10.8 Å². The van der Waals surface area contributed by atoms with Gasteiger partial charge in [0.05, 0.1) is 21.6 Å². The summed E-state index contributed by atoms with van der Waals surface area (Å²) in [5, 5.41) is 21.1. The summed E-state index contributed by atoms with van der Waals surface area (Å²) >= 11 is 8.86. The first-order valence-electron chi connectivity index (χ1n) is 9.52. The summed E-state index contributed by atoms with van der Waals surface area (Å²) in [5.41, 5.74) is 3.77. The van der Waals surface area contributed by atoms with E-state index in [-0.39, 0.29) is 28.3 Å². The van der Waals surface area contributed by atoms with Gasteiger partial charge in [0.2, 0.25) is 11.3 Å². The third kappa shape index (κ3) is 3.59. The van der Waals surface area contributed by atoms with Crippen LogP contribution in [0.5, 0.6) is 0 Å². The first-order valence-corrected chi connectivity index (χ1v) is 11.9. The van der Waals surface area contributed by atoms with Crippen LogP contribution >= 0.6 is 40.3 Å². The second kappa shape index (κ2) is 8.32. The smallest absolute Gasteiger partial charge is 0.313 e. The number of aromatic nitrogens is 5. The lowest BCUT2D eigenvalue weighted by atomic mass is 9.83. The number of carbonyl (C=O) groups is 3. The molecule has 2 aliphatic heterocycles. The average Bonchev–Trinajstić information content (AvgIpc) is 3.19. The average molecular weight is 559 g/mol. The van der Waals surface area contributed by atoms with E-state index in [1.165, 1.54) is 50.3 Å². The molecule has 4 heterocycles. The first-order chi connectivity index (χ1) is 15.5. The lowest BCUT2D eigenvalue weighted by Gasteiger charge is -2.56. The summed E-state index contributed by atoms with van der Waals surface area (Å²) in [6.45, 7) is 1.16. The number of carbonyl (C=O) groups excluding carboxylic acids is 2. The number of hydrogen-bond acceptors (Lipinski definition) is 10. The number of carboxylic acids is 1. The number of carboxylic acid groups (broad SMARTS) is 1. The summed E-state index contributed by atoms with van der Waals surface area (Å²) in [4.78, 5) is 51.4. The minimum atomic E-state index is -1.45. The summed E-state index contributed by atoms with van der Waals surface area (Å²) in [6, 6.07) is -0.900. The van der Waals surface area contributed by atoms with Crippen molar-refractivity contribution in [3.05, 3.63) is 32.9 Å². The highest BCUT2D eigenvalue weighted by atomic mass is 79.9. The molecule has 176 valence electrons. The van der Waals surface area contributed by atoms with Crippen LogP contribution in [0.1, 0.15) is 18.0 Å². The lowest BCUT2D eigenvalue weighted by molar-refractivity contribution is -0.158.